The highest BCUT2D eigenvalue weighted by Crippen LogP contribution is 2.13. The fourth-order valence-corrected chi connectivity index (χ4v) is 2.73. The molecular weight excluding hydrogens is 296 g/mol. The van der Waals surface area contributed by atoms with E-state index in [4.69, 9.17) is 0 Å². The zero-order chi connectivity index (χ0) is 16.2. The van der Waals surface area contributed by atoms with Crippen molar-refractivity contribution in [2.75, 3.05) is 50.7 Å². The van der Waals surface area contributed by atoms with Gasteiger partial charge >= 0.3 is 0 Å². The second-order valence-corrected chi connectivity index (χ2v) is 5.55. The molecule has 3 heterocycles. The van der Waals surface area contributed by atoms with E-state index in [0.717, 1.165) is 45.1 Å². The van der Waals surface area contributed by atoms with Gasteiger partial charge in [0.2, 0.25) is 5.91 Å². The number of nitrogens with zero attached hydrogens (tertiary/aromatic N) is 8. The van der Waals surface area contributed by atoms with E-state index >= 15 is 0 Å². The number of rotatable bonds is 5. The van der Waals surface area contributed by atoms with E-state index < -0.39 is 0 Å². The van der Waals surface area contributed by atoms with Crippen molar-refractivity contribution in [3.05, 3.63) is 12.1 Å². The van der Waals surface area contributed by atoms with E-state index in [2.05, 4.69) is 44.3 Å². The van der Waals surface area contributed by atoms with Gasteiger partial charge in [0.25, 0.3) is 0 Å². The van der Waals surface area contributed by atoms with Crippen LogP contribution in [0.1, 0.15) is 13.8 Å². The third kappa shape index (κ3) is 3.39. The molecule has 0 radical (unpaired) electrons. The van der Waals surface area contributed by atoms with Crippen LogP contribution in [0, 0.1) is 0 Å². The molecular formula is C14H22N8O. The van der Waals surface area contributed by atoms with Crippen molar-refractivity contribution in [2.24, 2.45) is 0 Å². The second-order valence-electron chi connectivity index (χ2n) is 5.55. The van der Waals surface area contributed by atoms with E-state index in [-0.39, 0.29) is 5.91 Å². The van der Waals surface area contributed by atoms with Crippen LogP contribution >= 0.6 is 0 Å². The summed E-state index contributed by atoms with van der Waals surface area (Å²) in [5, 5.41) is 15.7. The lowest BCUT2D eigenvalue weighted by Crippen LogP contribution is -2.51. The molecule has 0 unspecified atom stereocenters. The number of fused-ring (bicyclic) bond motifs is 1. The number of aromatic nitrogens is 5. The van der Waals surface area contributed by atoms with Crippen molar-refractivity contribution < 1.29 is 4.79 Å². The van der Waals surface area contributed by atoms with Gasteiger partial charge in [0.15, 0.2) is 11.5 Å². The molecule has 0 aliphatic carbocycles. The maximum Gasteiger partial charge on any atom is 0.236 e. The van der Waals surface area contributed by atoms with Crippen LogP contribution in [0.15, 0.2) is 12.1 Å². The van der Waals surface area contributed by atoms with Gasteiger partial charge in [0.1, 0.15) is 0 Å². The zero-order valence-corrected chi connectivity index (χ0v) is 13.6. The number of anilines is 1. The number of carbonyl (C=O) groups is 1. The number of hydrogen-bond donors (Lipinski definition) is 0. The first-order valence-electron chi connectivity index (χ1n) is 8.01. The third-order valence-electron chi connectivity index (χ3n) is 4.27. The molecule has 1 amide bonds. The Kier molecular flexibility index (Phi) is 4.65. The lowest BCUT2D eigenvalue weighted by Gasteiger charge is -2.36. The average molecular weight is 318 g/mol. The predicted octanol–water partition coefficient (Wildman–Crippen LogP) is -0.490. The molecule has 0 aromatic carbocycles. The van der Waals surface area contributed by atoms with Crippen LogP contribution in [0.2, 0.25) is 0 Å². The topological polar surface area (TPSA) is 82.8 Å². The summed E-state index contributed by atoms with van der Waals surface area (Å²) < 4.78 is 1.42. The number of tetrazole rings is 1. The predicted molar refractivity (Wildman–Crippen MR) is 85.2 cm³/mol. The molecule has 2 aromatic heterocycles. The van der Waals surface area contributed by atoms with E-state index in [0.29, 0.717) is 12.2 Å². The van der Waals surface area contributed by atoms with Gasteiger partial charge in [-0.2, -0.15) is 0 Å². The normalized spacial score (nSPS) is 15.6. The lowest BCUT2D eigenvalue weighted by molar-refractivity contribution is -0.132. The van der Waals surface area contributed by atoms with Crippen molar-refractivity contribution in [3.8, 4) is 0 Å². The lowest BCUT2D eigenvalue weighted by atomic mass is 10.3. The maximum absolute atomic E-state index is 12.3. The molecule has 0 N–H and O–H groups in total. The van der Waals surface area contributed by atoms with Crippen LogP contribution in [-0.4, -0.2) is 86.8 Å². The monoisotopic (exact) mass is 318 g/mol. The smallest absolute Gasteiger partial charge is 0.236 e. The zero-order valence-electron chi connectivity index (χ0n) is 13.6. The van der Waals surface area contributed by atoms with Gasteiger partial charge < -0.3 is 9.80 Å². The molecule has 0 bridgehead atoms. The Morgan fingerprint density at radius 3 is 2.61 bits per heavy atom. The van der Waals surface area contributed by atoms with Gasteiger partial charge in [-0.25, -0.2) is 0 Å². The third-order valence-corrected chi connectivity index (χ3v) is 4.27. The molecule has 1 saturated heterocycles. The minimum Gasteiger partial charge on any atom is -0.352 e. The van der Waals surface area contributed by atoms with Crippen molar-refractivity contribution in [1.29, 1.82) is 0 Å². The molecule has 9 heteroatoms. The molecule has 1 aliphatic heterocycles. The Labute approximate surface area is 134 Å². The average Bonchev–Trinajstić information content (AvgIpc) is 3.07. The Balaban J connectivity index is 1.58. The summed E-state index contributed by atoms with van der Waals surface area (Å²) >= 11 is 0. The van der Waals surface area contributed by atoms with Crippen LogP contribution in [0.4, 0.5) is 5.82 Å². The molecule has 1 aliphatic rings. The molecule has 2 aromatic rings. The molecule has 23 heavy (non-hydrogen) atoms. The molecule has 0 saturated carbocycles. The fourth-order valence-electron chi connectivity index (χ4n) is 2.73. The summed E-state index contributed by atoms with van der Waals surface area (Å²) in [5.41, 5.74) is 0.627. The number of piperazine rings is 1. The summed E-state index contributed by atoms with van der Waals surface area (Å²) in [6.45, 7) is 9.43. The molecule has 124 valence electrons. The molecule has 0 spiro atoms. The molecule has 3 rings (SSSR count). The summed E-state index contributed by atoms with van der Waals surface area (Å²) in [4.78, 5) is 18.6. The first kappa shape index (κ1) is 15.6. The quantitative estimate of drug-likeness (QED) is 0.735. The number of amides is 1. The van der Waals surface area contributed by atoms with E-state index in [1.165, 1.54) is 4.63 Å². The highest BCUT2D eigenvalue weighted by atomic mass is 16.2. The van der Waals surface area contributed by atoms with Crippen molar-refractivity contribution in [2.45, 2.75) is 13.8 Å². The first-order valence-corrected chi connectivity index (χ1v) is 8.01. The van der Waals surface area contributed by atoms with E-state index in [1.54, 1.807) is 0 Å². The van der Waals surface area contributed by atoms with Gasteiger partial charge in [-0.3, -0.25) is 9.69 Å². The van der Waals surface area contributed by atoms with Gasteiger partial charge in [0, 0.05) is 26.2 Å². The maximum atomic E-state index is 12.3. The number of carbonyl (C=O) groups excluding carboxylic acids is 1. The van der Waals surface area contributed by atoms with Gasteiger partial charge in [0.05, 0.1) is 6.54 Å². The highest BCUT2D eigenvalue weighted by molar-refractivity contribution is 5.78. The van der Waals surface area contributed by atoms with Crippen molar-refractivity contribution >= 4 is 17.4 Å². The SMILES string of the molecule is CCN(CC)CC(=O)N1CCN(c2ccc3nnnn3n2)CC1. The Morgan fingerprint density at radius 1 is 1.17 bits per heavy atom. The Hall–Kier alpha value is -2.29. The molecule has 9 nitrogen and oxygen atoms in total. The summed E-state index contributed by atoms with van der Waals surface area (Å²) in [6.07, 6.45) is 0. The van der Waals surface area contributed by atoms with Crippen molar-refractivity contribution in [3.63, 3.8) is 0 Å². The largest absolute Gasteiger partial charge is 0.352 e. The standard InChI is InChI=1S/C14H22N8O/c1-3-19(4-2)11-14(23)21-9-7-20(8-10-21)13-6-5-12-15-17-18-22(12)16-13/h5-6H,3-4,7-11H2,1-2H3. The van der Waals surface area contributed by atoms with Crippen LogP contribution in [0.5, 0.6) is 0 Å². The summed E-state index contributed by atoms with van der Waals surface area (Å²) in [7, 11) is 0. The molecule has 0 atom stereocenters. The fraction of sp³-hybridized carbons (Fsp3) is 0.643. The van der Waals surface area contributed by atoms with Gasteiger partial charge in [-0.1, -0.05) is 13.8 Å². The second kappa shape index (κ2) is 6.86. The van der Waals surface area contributed by atoms with E-state index in [1.807, 2.05) is 17.0 Å². The van der Waals surface area contributed by atoms with Crippen LogP contribution in [0.25, 0.3) is 5.65 Å². The van der Waals surface area contributed by atoms with Gasteiger partial charge in [-0.05, 0) is 35.6 Å². The Morgan fingerprint density at radius 2 is 1.91 bits per heavy atom. The van der Waals surface area contributed by atoms with Crippen LogP contribution in [-0.2, 0) is 4.79 Å². The molecule has 1 fully saturated rings. The minimum absolute atomic E-state index is 0.206. The summed E-state index contributed by atoms with van der Waals surface area (Å²) in [5.74, 6) is 1.04. The van der Waals surface area contributed by atoms with Crippen molar-refractivity contribution in [1.82, 2.24) is 35.1 Å². The Bertz CT molecular complexity index is 660. The van der Waals surface area contributed by atoms with E-state index in [9.17, 15) is 4.79 Å². The summed E-state index contributed by atoms with van der Waals surface area (Å²) in [6, 6.07) is 3.76. The van der Waals surface area contributed by atoms with Crippen LogP contribution in [0.3, 0.4) is 0 Å². The highest BCUT2D eigenvalue weighted by Gasteiger charge is 2.23. The van der Waals surface area contributed by atoms with Gasteiger partial charge in [-0.15, -0.1) is 14.8 Å². The number of likely N-dealkylation sites (N-methyl/N-ethyl adjacent to an activating group) is 1. The number of hydrogen-bond acceptors (Lipinski definition) is 7. The van der Waals surface area contributed by atoms with Crippen LogP contribution < -0.4 is 4.90 Å². The minimum atomic E-state index is 0.206. The first-order chi connectivity index (χ1) is 11.2.